The first-order chi connectivity index (χ1) is 13.7. The fraction of sp³-hybridized carbons (Fsp3) is 0.136. The first-order valence-corrected chi connectivity index (χ1v) is 8.86. The predicted octanol–water partition coefficient (Wildman–Crippen LogP) is 4.19. The molecule has 0 unspecified atom stereocenters. The Kier molecular flexibility index (Phi) is 5.12. The van der Waals surface area contributed by atoms with Crippen LogP contribution in [0.15, 0.2) is 71.1 Å². The van der Waals surface area contributed by atoms with Crippen molar-refractivity contribution in [3.63, 3.8) is 0 Å². The third-order valence-electron chi connectivity index (χ3n) is 4.28. The highest BCUT2D eigenvalue weighted by Crippen LogP contribution is 2.23. The van der Waals surface area contributed by atoms with E-state index in [9.17, 15) is 4.79 Å². The second-order valence-corrected chi connectivity index (χ2v) is 6.31. The molecule has 0 bridgehead atoms. The van der Waals surface area contributed by atoms with Gasteiger partial charge in [-0.2, -0.15) is 0 Å². The minimum atomic E-state index is -0.482. The fourth-order valence-electron chi connectivity index (χ4n) is 2.85. The number of benzene rings is 2. The number of hydrogen-bond acceptors (Lipinski definition) is 5. The Bertz CT molecular complexity index is 1080. The molecule has 0 radical (unpaired) electrons. The highest BCUT2D eigenvalue weighted by atomic mass is 16.5. The second-order valence-electron chi connectivity index (χ2n) is 6.31. The highest BCUT2D eigenvalue weighted by Gasteiger charge is 2.13. The Labute approximate surface area is 161 Å². The van der Waals surface area contributed by atoms with Crippen molar-refractivity contribution >= 4 is 16.9 Å². The standard InChI is InChI=1S/C22H19NO5/c24-12-18-8-9-19(28-18)14-27-22(25)21-10-16-6-7-17(11-20(16)23-21)26-13-15-4-2-1-3-5-15/h1-11,23-24H,12-14H2. The fourth-order valence-corrected chi connectivity index (χ4v) is 2.85. The van der Waals surface area contributed by atoms with E-state index in [4.69, 9.17) is 19.0 Å². The number of carbonyl (C=O) groups is 1. The zero-order chi connectivity index (χ0) is 19.3. The summed E-state index contributed by atoms with van der Waals surface area (Å²) >= 11 is 0. The Morgan fingerprint density at radius 3 is 2.57 bits per heavy atom. The van der Waals surface area contributed by atoms with Crippen molar-refractivity contribution in [2.24, 2.45) is 0 Å². The SMILES string of the molecule is O=C(OCc1ccc(CO)o1)c1cc2ccc(OCc3ccccc3)cc2[nH]1. The monoisotopic (exact) mass is 377 g/mol. The molecule has 0 atom stereocenters. The minimum Gasteiger partial charge on any atom is -0.489 e. The summed E-state index contributed by atoms with van der Waals surface area (Å²) in [5, 5.41) is 9.88. The number of carbonyl (C=O) groups excluding carboxylic acids is 1. The summed E-state index contributed by atoms with van der Waals surface area (Å²) in [6.07, 6.45) is 0. The summed E-state index contributed by atoms with van der Waals surface area (Å²) < 4.78 is 16.4. The van der Waals surface area contributed by atoms with Gasteiger partial charge >= 0.3 is 5.97 Å². The molecule has 2 aromatic carbocycles. The first kappa shape index (κ1) is 17.9. The van der Waals surface area contributed by atoms with Crippen LogP contribution in [0.25, 0.3) is 10.9 Å². The third-order valence-corrected chi connectivity index (χ3v) is 4.28. The van der Waals surface area contributed by atoms with Crippen molar-refractivity contribution in [1.29, 1.82) is 0 Å². The number of aromatic nitrogens is 1. The molecule has 6 nitrogen and oxygen atoms in total. The molecule has 0 spiro atoms. The molecule has 0 aliphatic carbocycles. The molecule has 4 aromatic rings. The van der Waals surface area contributed by atoms with Crippen molar-refractivity contribution in [2.45, 2.75) is 19.8 Å². The summed E-state index contributed by atoms with van der Waals surface area (Å²) in [6, 6.07) is 20.6. The molecule has 6 heteroatoms. The van der Waals surface area contributed by atoms with Crippen LogP contribution < -0.4 is 4.74 Å². The Morgan fingerprint density at radius 2 is 1.79 bits per heavy atom. The Balaban J connectivity index is 1.41. The lowest BCUT2D eigenvalue weighted by atomic mass is 10.2. The van der Waals surface area contributed by atoms with Gasteiger partial charge in [-0.05, 0) is 35.9 Å². The van der Waals surface area contributed by atoms with Gasteiger partial charge in [0.25, 0.3) is 0 Å². The molecule has 0 amide bonds. The average Bonchev–Trinajstić information content (AvgIpc) is 3.37. The van der Waals surface area contributed by atoms with Crippen LogP contribution in [0.3, 0.4) is 0 Å². The number of ether oxygens (including phenoxy) is 2. The lowest BCUT2D eigenvalue weighted by Crippen LogP contribution is -2.05. The number of aliphatic hydroxyl groups excluding tert-OH is 1. The van der Waals surface area contributed by atoms with Crippen LogP contribution in [0.4, 0.5) is 0 Å². The van der Waals surface area contributed by atoms with Gasteiger partial charge in [0, 0.05) is 17.0 Å². The molecule has 142 valence electrons. The van der Waals surface area contributed by atoms with Gasteiger partial charge in [0.15, 0.2) is 0 Å². The van der Waals surface area contributed by atoms with Gasteiger partial charge in [0.1, 0.15) is 42.8 Å². The molecule has 2 aromatic heterocycles. The van der Waals surface area contributed by atoms with Gasteiger partial charge in [-0.15, -0.1) is 0 Å². The van der Waals surface area contributed by atoms with E-state index in [0.717, 1.165) is 16.5 Å². The van der Waals surface area contributed by atoms with Gasteiger partial charge in [-0.25, -0.2) is 4.79 Å². The number of H-pyrrole nitrogens is 1. The van der Waals surface area contributed by atoms with E-state index in [-0.39, 0.29) is 13.2 Å². The average molecular weight is 377 g/mol. The van der Waals surface area contributed by atoms with Crippen LogP contribution in [0.5, 0.6) is 5.75 Å². The highest BCUT2D eigenvalue weighted by molar-refractivity contribution is 5.95. The third kappa shape index (κ3) is 4.07. The Morgan fingerprint density at radius 1 is 0.964 bits per heavy atom. The van der Waals surface area contributed by atoms with E-state index in [1.807, 2.05) is 48.5 Å². The molecule has 0 aliphatic rings. The van der Waals surface area contributed by atoms with Gasteiger partial charge in [0.2, 0.25) is 0 Å². The number of rotatable bonds is 7. The smallest absolute Gasteiger partial charge is 0.355 e. The largest absolute Gasteiger partial charge is 0.489 e. The van der Waals surface area contributed by atoms with Crippen molar-refractivity contribution < 1.29 is 23.8 Å². The number of aromatic amines is 1. The van der Waals surface area contributed by atoms with E-state index in [1.165, 1.54) is 0 Å². The van der Waals surface area contributed by atoms with Crippen molar-refractivity contribution in [2.75, 3.05) is 0 Å². The molecule has 28 heavy (non-hydrogen) atoms. The molecule has 0 saturated carbocycles. The van der Waals surface area contributed by atoms with Gasteiger partial charge in [-0.3, -0.25) is 0 Å². The van der Waals surface area contributed by atoms with E-state index < -0.39 is 5.97 Å². The number of aliphatic hydroxyl groups is 1. The number of nitrogens with one attached hydrogen (secondary N) is 1. The van der Waals surface area contributed by atoms with Crippen LogP contribution in [0.1, 0.15) is 27.6 Å². The van der Waals surface area contributed by atoms with E-state index >= 15 is 0 Å². The first-order valence-electron chi connectivity index (χ1n) is 8.86. The van der Waals surface area contributed by atoms with Gasteiger partial charge < -0.3 is 24.0 Å². The summed E-state index contributed by atoms with van der Waals surface area (Å²) in [4.78, 5) is 15.3. The van der Waals surface area contributed by atoms with Crippen LogP contribution in [-0.2, 0) is 24.6 Å². The normalized spacial score (nSPS) is 10.9. The predicted molar refractivity (Wildman–Crippen MR) is 103 cm³/mol. The molecular formula is C22H19NO5. The molecule has 4 rings (SSSR count). The van der Waals surface area contributed by atoms with Crippen molar-refractivity contribution in [3.8, 4) is 5.75 Å². The Hall–Kier alpha value is -3.51. The second kappa shape index (κ2) is 8.02. The van der Waals surface area contributed by atoms with Gasteiger partial charge in [0.05, 0.1) is 0 Å². The maximum absolute atomic E-state index is 12.3. The quantitative estimate of drug-likeness (QED) is 0.472. The number of hydrogen-bond donors (Lipinski definition) is 2. The van der Waals surface area contributed by atoms with Crippen LogP contribution in [-0.4, -0.2) is 16.1 Å². The lowest BCUT2D eigenvalue weighted by molar-refractivity contribution is 0.0436. The summed E-state index contributed by atoms with van der Waals surface area (Å²) in [5.74, 6) is 1.14. The van der Waals surface area contributed by atoms with E-state index in [1.54, 1.807) is 18.2 Å². The summed E-state index contributed by atoms with van der Waals surface area (Å²) in [6.45, 7) is 0.283. The van der Waals surface area contributed by atoms with Crippen molar-refractivity contribution in [3.05, 3.63) is 89.5 Å². The number of esters is 1. The molecule has 0 aliphatic heterocycles. The van der Waals surface area contributed by atoms with Crippen LogP contribution in [0, 0.1) is 0 Å². The topological polar surface area (TPSA) is 84.7 Å². The summed E-state index contributed by atoms with van der Waals surface area (Å²) in [5.41, 5.74) is 2.22. The van der Waals surface area contributed by atoms with Crippen LogP contribution >= 0.6 is 0 Å². The van der Waals surface area contributed by atoms with Crippen LogP contribution in [0.2, 0.25) is 0 Å². The molecule has 0 saturated heterocycles. The van der Waals surface area contributed by atoms with E-state index in [2.05, 4.69) is 4.98 Å². The maximum Gasteiger partial charge on any atom is 0.355 e. The van der Waals surface area contributed by atoms with Crippen molar-refractivity contribution in [1.82, 2.24) is 4.98 Å². The number of furan rings is 1. The molecule has 0 fully saturated rings. The maximum atomic E-state index is 12.3. The van der Waals surface area contributed by atoms with E-state index in [0.29, 0.717) is 29.6 Å². The molecular weight excluding hydrogens is 358 g/mol. The van der Waals surface area contributed by atoms with Gasteiger partial charge in [-0.1, -0.05) is 30.3 Å². The molecule has 2 N–H and O–H groups in total. The zero-order valence-electron chi connectivity index (χ0n) is 15.1. The minimum absolute atomic E-state index is 0.000362. The zero-order valence-corrected chi connectivity index (χ0v) is 15.1. The number of fused-ring (bicyclic) bond motifs is 1. The molecule has 2 heterocycles. The lowest BCUT2D eigenvalue weighted by Gasteiger charge is -2.06. The summed E-state index contributed by atoms with van der Waals surface area (Å²) in [7, 11) is 0.